The first-order valence-corrected chi connectivity index (χ1v) is 6.22. The van der Waals surface area contributed by atoms with E-state index in [1.165, 1.54) is 0 Å². The van der Waals surface area contributed by atoms with Crippen LogP contribution in [0.1, 0.15) is 13.3 Å². The van der Waals surface area contributed by atoms with Crippen LogP contribution in [0.3, 0.4) is 0 Å². The molecule has 1 aromatic carbocycles. The van der Waals surface area contributed by atoms with Gasteiger partial charge in [0, 0.05) is 25.2 Å². The van der Waals surface area contributed by atoms with Gasteiger partial charge in [0.05, 0.1) is 24.6 Å². The second kappa shape index (κ2) is 5.73. The average molecular weight is 249 g/mol. The van der Waals surface area contributed by atoms with Gasteiger partial charge in [-0.2, -0.15) is 0 Å². The number of nitrogens with two attached hydrogens (primary N) is 1. The van der Waals surface area contributed by atoms with E-state index in [2.05, 4.69) is 10.2 Å². The lowest BCUT2D eigenvalue weighted by molar-refractivity contribution is -0.115. The molecule has 1 aliphatic heterocycles. The molecule has 1 aromatic rings. The molecule has 0 spiro atoms. The third kappa shape index (κ3) is 2.92. The first-order valence-electron chi connectivity index (χ1n) is 6.22. The highest BCUT2D eigenvalue weighted by Crippen LogP contribution is 2.29. The number of benzene rings is 1. The van der Waals surface area contributed by atoms with Crippen molar-refractivity contribution in [3.63, 3.8) is 0 Å². The summed E-state index contributed by atoms with van der Waals surface area (Å²) < 4.78 is 5.33. The molecular weight excluding hydrogens is 230 g/mol. The Hall–Kier alpha value is -1.75. The summed E-state index contributed by atoms with van der Waals surface area (Å²) in [7, 11) is 0. The zero-order chi connectivity index (χ0) is 13.0. The Balaban J connectivity index is 2.24. The van der Waals surface area contributed by atoms with E-state index in [1.807, 2.05) is 19.1 Å². The number of nitrogens with one attached hydrogen (secondary N) is 1. The fourth-order valence-electron chi connectivity index (χ4n) is 1.97. The summed E-state index contributed by atoms with van der Waals surface area (Å²) >= 11 is 0. The van der Waals surface area contributed by atoms with Crippen molar-refractivity contribution in [2.24, 2.45) is 0 Å². The number of rotatable bonds is 3. The molecule has 1 saturated heterocycles. The van der Waals surface area contributed by atoms with Crippen molar-refractivity contribution in [2.75, 3.05) is 42.3 Å². The molecule has 5 heteroatoms. The molecule has 5 nitrogen and oxygen atoms in total. The maximum absolute atomic E-state index is 11.5. The molecule has 0 bridgehead atoms. The molecule has 98 valence electrons. The van der Waals surface area contributed by atoms with Crippen LogP contribution in [0, 0.1) is 0 Å². The topological polar surface area (TPSA) is 67.6 Å². The van der Waals surface area contributed by atoms with Crippen molar-refractivity contribution in [3.8, 4) is 0 Å². The second-order valence-electron chi connectivity index (χ2n) is 4.28. The van der Waals surface area contributed by atoms with Crippen molar-refractivity contribution in [1.29, 1.82) is 0 Å². The SMILES string of the molecule is CCC(=O)Nc1cc(N)ccc1N1CCOCC1. The third-order valence-electron chi connectivity index (χ3n) is 2.97. The number of nitrogen functional groups attached to an aromatic ring is 1. The van der Waals surface area contributed by atoms with Crippen LogP contribution < -0.4 is 16.0 Å². The van der Waals surface area contributed by atoms with Gasteiger partial charge in [-0.1, -0.05) is 6.92 Å². The molecule has 0 aliphatic carbocycles. The van der Waals surface area contributed by atoms with Gasteiger partial charge in [-0.3, -0.25) is 4.79 Å². The van der Waals surface area contributed by atoms with Crippen LogP contribution in [-0.4, -0.2) is 32.2 Å². The summed E-state index contributed by atoms with van der Waals surface area (Å²) in [5, 5.41) is 2.90. The Morgan fingerprint density at radius 1 is 1.44 bits per heavy atom. The molecule has 1 heterocycles. The minimum Gasteiger partial charge on any atom is -0.399 e. The fourth-order valence-corrected chi connectivity index (χ4v) is 1.97. The van der Waals surface area contributed by atoms with Gasteiger partial charge in [-0.15, -0.1) is 0 Å². The van der Waals surface area contributed by atoms with Crippen LogP contribution >= 0.6 is 0 Å². The van der Waals surface area contributed by atoms with E-state index in [0.29, 0.717) is 25.3 Å². The maximum atomic E-state index is 11.5. The molecule has 0 aromatic heterocycles. The molecule has 0 unspecified atom stereocenters. The van der Waals surface area contributed by atoms with Crippen molar-refractivity contribution in [3.05, 3.63) is 18.2 Å². The van der Waals surface area contributed by atoms with Gasteiger partial charge in [0.2, 0.25) is 5.91 Å². The molecule has 0 atom stereocenters. The molecular formula is C13H19N3O2. The smallest absolute Gasteiger partial charge is 0.224 e. The first kappa shape index (κ1) is 12.7. The highest BCUT2D eigenvalue weighted by atomic mass is 16.5. The normalized spacial score (nSPS) is 15.5. The lowest BCUT2D eigenvalue weighted by Crippen LogP contribution is -2.36. The summed E-state index contributed by atoms with van der Waals surface area (Å²) in [6, 6.07) is 5.61. The van der Waals surface area contributed by atoms with E-state index < -0.39 is 0 Å². The van der Waals surface area contributed by atoms with Crippen molar-refractivity contribution < 1.29 is 9.53 Å². The van der Waals surface area contributed by atoms with Crippen LogP contribution in [0.15, 0.2) is 18.2 Å². The second-order valence-corrected chi connectivity index (χ2v) is 4.28. The molecule has 0 saturated carbocycles. The molecule has 18 heavy (non-hydrogen) atoms. The summed E-state index contributed by atoms with van der Waals surface area (Å²) in [4.78, 5) is 13.7. The number of amides is 1. The highest BCUT2D eigenvalue weighted by Gasteiger charge is 2.15. The molecule has 0 radical (unpaired) electrons. The van der Waals surface area contributed by atoms with Gasteiger partial charge in [0.15, 0.2) is 0 Å². The number of carbonyl (C=O) groups excluding carboxylic acids is 1. The standard InChI is InChI=1S/C13H19N3O2/c1-2-13(17)15-11-9-10(14)3-4-12(11)16-5-7-18-8-6-16/h3-4,9H,2,5-8,14H2,1H3,(H,15,17). The minimum absolute atomic E-state index is 0.00453. The molecule has 1 aliphatic rings. The van der Waals surface area contributed by atoms with E-state index in [0.717, 1.165) is 24.5 Å². The van der Waals surface area contributed by atoms with E-state index in [4.69, 9.17) is 10.5 Å². The monoisotopic (exact) mass is 249 g/mol. The maximum Gasteiger partial charge on any atom is 0.224 e. The van der Waals surface area contributed by atoms with E-state index >= 15 is 0 Å². The van der Waals surface area contributed by atoms with Crippen LogP contribution in [0.4, 0.5) is 17.1 Å². The lowest BCUT2D eigenvalue weighted by atomic mass is 10.2. The van der Waals surface area contributed by atoms with Gasteiger partial charge < -0.3 is 20.7 Å². The van der Waals surface area contributed by atoms with Crippen LogP contribution in [0.25, 0.3) is 0 Å². The largest absolute Gasteiger partial charge is 0.399 e. The number of nitrogens with zero attached hydrogens (tertiary/aromatic N) is 1. The van der Waals surface area contributed by atoms with Gasteiger partial charge in [0.25, 0.3) is 0 Å². The van der Waals surface area contributed by atoms with E-state index in [9.17, 15) is 4.79 Å². The van der Waals surface area contributed by atoms with Gasteiger partial charge in [0.1, 0.15) is 0 Å². The Labute approximate surface area is 107 Å². The quantitative estimate of drug-likeness (QED) is 0.796. The lowest BCUT2D eigenvalue weighted by Gasteiger charge is -2.30. The highest BCUT2D eigenvalue weighted by molar-refractivity contribution is 5.95. The minimum atomic E-state index is -0.00453. The van der Waals surface area contributed by atoms with Crippen molar-refractivity contribution in [1.82, 2.24) is 0 Å². The van der Waals surface area contributed by atoms with Crippen LogP contribution in [0.2, 0.25) is 0 Å². The third-order valence-corrected chi connectivity index (χ3v) is 2.97. The predicted molar refractivity (Wildman–Crippen MR) is 72.8 cm³/mol. The number of anilines is 3. The summed E-state index contributed by atoms with van der Waals surface area (Å²) in [6.07, 6.45) is 0.456. The van der Waals surface area contributed by atoms with Crippen molar-refractivity contribution >= 4 is 23.0 Å². The first-order chi connectivity index (χ1) is 8.70. The number of hydrogen-bond acceptors (Lipinski definition) is 4. The average Bonchev–Trinajstić information content (AvgIpc) is 2.40. The number of hydrogen-bond donors (Lipinski definition) is 2. The summed E-state index contributed by atoms with van der Waals surface area (Å²) in [5.74, 6) is -0.00453. The van der Waals surface area contributed by atoms with Gasteiger partial charge in [-0.25, -0.2) is 0 Å². The Bertz CT molecular complexity index is 428. The van der Waals surface area contributed by atoms with Crippen LogP contribution in [0.5, 0.6) is 0 Å². The Morgan fingerprint density at radius 3 is 2.83 bits per heavy atom. The molecule has 2 rings (SSSR count). The predicted octanol–water partition coefficient (Wildman–Crippen LogP) is 1.45. The number of carbonyl (C=O) groups is 1. The van der Waals surface area contributed by atoms with E-state index in [-0.39, 0.29) is 5.91 Å². The summed E-state index contributed by atoms with van der Waals surface area (Å²) in [6.45, 7) is 4.92. The molecule has 1 fully saturated rings. The van der Waals surface area contributed by atoms with Gasteiger partial charge >= 0.3 is 0 Å². The molecule has 3 N–H and O–H groups in total. The van der Waals surface area contributed by atoms with Gasteiger partial charge in [-0.05, 0) is 18.2 Å². The Kier molecular flexibility index (Phi) is 4.04. The molecule has 1 amide bonds. The van der Waals surface area contributed by atoms with E-state index in [1.54, 1.807) is 6.07 Å². The Morgan fingerprint density at radius 2 is 2.17 bits per heavy atom. The fraction of sp³-hybridized carbons (Fsp3) is 0.462. The number of ether oxygens (including phenoxy) is 1. The zero-order valence-corrected chi connectivity index (χ0v) is 10.6. The zero-order valence-electron chi connectivity index (χ0n) is 10.6. The summed E-state index contributed by atoms with van der Waals surface area (Å²) in [5.41, 5.74) is 8.22. The number of morpholine rings is 1. The van der Waals surface area contributed by atoms with Crippen molar-refractivity contribution in [2.45, 2.75) is 13.3 Å². The van der Waals surface area contributed by atoms with Crippen LogP contribution in [-0.2, 0) is 9.53 Å².